The lowest BCUT2D eigenvalue weighted by Gasteiger charge is -2.09. The van der Waals surface area contributed by atoms with Crippen molar-refractivity contribution < 1.29 is 4.79 Å². The molecule has 0 spiro atoms. The minimum atomic E-state index is -0.140. The third-order valence-electron chi connectivity index (χ3n) is 2.73. The fourth-order valence-electron chi connectivity index (χ4n) is 1.67. The van der Waals surface area contributed by atoms with Gasteiger partial charge in [0, 0.05) is 26.8 Å². The van der Waals surface area contributed by atoms with E-state index in [2.05, 4.69) is 26.2 Å². The molecule has 0 atom stereocenters. The Morgan fingerprint density at radius 3 is 2.84 bits per heavy atom. The Hall–Kier alpha value is -1.40. The lowest BCUT2D eigenvalue weighted by Crippen LogP contribution is -2.23. The van der Waals surface area contributed by atoms with Crippen molar-refractivity contribution in [3.8, 4) is 0 Å². The molecule has 6 heteroatoms. The maximum atomic E-state index is 12.1. The number of nitrogens with zero attached hydrogens (tertiary/aromatic N) is 1. The Balaban J connectivity index is 2.12. The molecule has 19 heavy (non-hydrogen) atoms. The molecule has 0 aliphatic carbocycles. The lowest BCUT2D eigenvalue weighted by atomic mass is 10.1. The van der Waals surface area contributed by atoms with Crippen molar-refractivity contribution in [2.24, 2.45) is 0 Å². The van der Waals surface area contributed by atoms with Crippen LogP contribution in [0.1, 0.15) is 25.8 Å². The molecule has 0 radical (unpaired) electrons. The zero-order valence-corrected chi connectivity index (χ0v) is 13.1. The number of benzene rings is 1. The highest BCUT2D eigenvalue weighted by molar-refractivity contribution is 9.10. The van der Waals surface area contributed by atoms with E-state index in [4.69, 9.17) is 5.73 Å². The van der Waals surface area contributed by atoms with Gasteiger partial charge in [-0.1, -0.05) is 15.9 Å². The summed E-state index contributed by atoms with van der Waals surface area (Å²) >= 11 is 4.92. The second-order valence-electron chi connectivity index (χ2n) is 4.21. The fourth-order valence-corrected chi connectivity index (χ4v) is 2.87. The third-order valence-corrected chi connectivity index (χ3v) is 4.10. The number of hydrogen-bond donors (Lipinski definition) is 2. The Bertz CT molecular complexity index is 624. The van der Waals surface area contributed by atoms with Gasteiger partial charge in [0.1, 0.15) is 5.01 Å². The molecule has 0 saturated heterocycles. The van der Waals surface area contributed by atoms with E-state index in [1.165, 1.54) is 0 Å². The molecule has 0 aliphatic heterocycles. The van der Waals surface area contributed by atoms with Crippen LogP contribution in [0, 0.1) is 13.8 Å². The quantitative estimate of drug-likeness (QED) is 0.844. The van der Waals surface area contributed by atoms with E-state index >= 15 is 0 Å². The zero-order valence-electron chi connectivity index (χ0n) is 10.7. The van der Waals surface area contributed by atoms with E-state index in [9.17, 15) is 4.79 Å². The fraction of sp³-hybridized carbons (Fsp3) is 0.231. The molecular formula is C13H14BrN3OS. The standard InChI is InChI=1S/C13H14BrN3OS/c1-7-5-16-12(19-7)6-17-13(18)10-3-9(14)4-11(15)8(10)2/h3-5H,6,15H2,1-2H3,(H,17,18). The maximum absolute atomic E-state index is 12.1. The van der Waals surface area contributed by atoms with Crippen LogP contribution in [0.5, 0.6) is 0 Å². The molecular weight excluding hydrogens is 326 g/mol. The summed E-state index contributed by atoms with van der Waals surface area (Å²) < 4.78 is 0.797. The average molecular weight is 340 g/mol. The minimum absolute atomic E-state index is 0.140. The number of aromatic nitrogens is 1. The minimum Gasteiger partial charge on any atom is -0.398 e. The van der Waals surface area contributed by atoms with Crippen LogP contribution >= 0.6 is 27.3 Å². The number of anilines is 1. The first-order valence-electron chi connectivity index (χ1n) is 5.72. The first-order chi connectivity index (χ1) is 8.97. The Kier molecular flexibility index (Phi) is 4.21. The largest absolute Gasteiger partial charge is 0.398 e. The molecule has 1 aromatic heterocycles. The van der Waals surface area contributed by atoms with Gasteiger partial charge in [-0.15, -0.1) is 11.3 Å². The number of thiazole rings is 1. The van der Waals surface area contributed by atoms with Crippen LogP contribution in [-0.2, 0) is 6.54 Å². The first-order valence-corrected chi connectivity index (χ1v) is 7.33. The third kappa shape index (κ3) is 3.33. The molecule has 100 valence electrons. The first kappa shape index (κ1) is 14.0. The van der Waals surface area contributed by atoms with Gasteiger partial charge >= 0.3 is 0 Å². The predicted octanol–water partition coefficient (Wildman–Crippen LogP) is 3.03. The lowest BCUT2D eigenvalue weighted by molar-refractivity contribution is 0.0950. The van der Waals surface area contributed by atoms with Gasteiger partial charge in [-0.25, -0.2) is 4.98 Å². The van der Waals surface area contributed by atoms with Crippen LogP contribution < -0.4 is 11.1 Å². The number of aryl methyl sites for hydroxylation is 1. The number of carbonyl (C=O) groups excluding carboxylic acids is 1. The molecule has 2 rings (SSSR count). The van der Waals surface area contributed by atoms with Gasteiger partial charge in [-0.2, -0.15) is 0 Å². The Morgan fingerprint density at radius 2 is 2.21 bits per heavy atom. The number of amides is 1. The van der Waals surface area contributed by atoms with Gasteiger partial charge in [0.2, 0.25) is 0 Å². The molecule has 2 aromatic rings. The van der Waals surface area contributed by atoms with E-state index < -0.39 is 0 Å². The van der Waals surface area contributed by atoms with Crippen molar-refractivity contribution in [2.45, 2.75) is 20.4 Å². The van der Waals surface area contributed by atoms with E-state index in [0.717, 1.165) is 19.9 Å². The normalized spacial score (nSPS) is 10.5. The summed E-state index contributed by atoms with van der Waals surface area (Å²) in [4.78, 5) is 17.5. The summed E-state index contributed by atoms with van der Waals surface area (Å²) in [6.45, 7) is 4.26. The number of halogens is 1. The summed E-state index contributed by atoms with van der Waals surface area (Å²) in [5.74, 6) is -0.140. The van der Waals surface area contributed by atoms with Crippen LogP contribution in [0.2, 0.25) is 0 Å². The van der Waals surface area contributed by atoms with Gasteiger partial charge in [-0.05, 0) is 31.5 Å². The van der Waals surface area contributed by atoms with Gasteiger partial charge in [0.15, 0.2) is 0 Å². The van der Waals surface area contributed by atoms with Gasteiger partial charge in [-0.3, -0.25) is 4.79 Å². The molecule has 1 amide bonds. The summed E-state index contributed by atoms with van der Waals surface area (Å²) in [7, 11) is 0. The Labute approximate surface area is 124 Å². The summed E-state index contributed by atoms with van der Waals surface area (Å²) in [5.41, 5.74) is 7.82. The number of nitrogens with two attached hydrogens (primary N) is 1. The highest BCUT2D eigenvalue weighted by Crippen LogP contribution is 2.22. The summed E-state index contributed by atoms with van der Waals surface area (Å²) in [6.07, 6.45) is 1.80. The van der Waals surface area contributed by atoms with Gasteiger partial charge in [0.05, 0.1) is 6.54 Å². The average Bonchev–Trinajstić information content (AvgIpc) is 2.76. The van der Waals surface area contributed by atoms with Crippen LogP contribution in [0.4, 0.5) is 5.69 Å². The molecule has 3 N–H and O–H groups in total. The van der Waals surface area contributed by atoms with Crippen LogP contribution in [0.3, 0.4) is 0 Å². The molecule has 0 saturated carbocycles. The van der Waals surface area contributed by atoms with Crippen LogP contribution in [-0.4, -0.2) is 10.9 Å². The molecule has 0 fully saturated rings. The van der Waals surface area contributed by atoms with Gasteiger partial charge < -0.3 is 11.1 Å². The predicted molar refractivity (Wildman–Crippen MR) is 81.3 cm³/mol. The second kappa shape index (κ2) is 5.71. The molecule has 0 aliphatic rings. The van der Waals surface area contributed by atoms with E-state index in [-0.39, 0.29) is 5.91 Å². The number of nitrogen functional groups attached to an aromatic ring is 1. The summed E-state index contributed by atoms with van der Waals surface area (Å²) in [5, 5.41) is 3.75. The van der Waals surface area contributed by atoms with E-state index in [1.54, 1.807) is 29.7 Å². The highest BCUT2D eigenvalue weighted by atomic mass is 79.9. The van der Waals surface area contributed by atoms with Crippen molar-refractivity contribution in [1.29, 1.82) is 0 Å². The summed E-state index contributed by atoms with van der Waals surface area (Å²) in [6, 6.07) is 3.56. The van der Waals surface area contributed by atoms with Crippen molar-refractivity contribution in [3.05, 3.63) is 43.8 Å². The van der Waals surface area contributed by atoms with Crippen molar-refractivity contribution in [1.82, 2.24) is 10.3 Å². The second-order valence-corrected chi connectivity index (χ2v) is 6.45. The number of rotatable bonds is 3. The van der Waals surface area contributed by atoms with Crippen molar-refractivity contribution in [3.63, 3.8) is 0 Å². The monoisotopic (exact) mass is 339 g/mol. The van der Waals surface area contributed by atoms with E-state index in [1.807, 2.05) is 13.8 Å². The molecule has 4 nitrogen and oxygen atoms in total. The molecule has 1 heterocycles. The number of carbonyl (C=O) groups is 1. The van der Waals surface area contributed by atoms with Crippen LogP contribution in [0.25, 0.3) is 0 Å². The van der Waals surface area contributed by atoms with Crippen molar-refractivity contribution >= 4 is 38.9 Å². The van der Waals surface area contributed by atoms with E-state index in [0.29, 0.717) is 17.8 Å². The molecule has 0 unspecified atom stereocenters. The zero-order chi connectivity index (χ0) is 14.0. The Morgan fingerprint density at radius 1 is 1.47 bits per heavy atom. The number of hydrogen-bond acceptors (Lipinski definition) is 4. The SMILES string of the molecule is Cc1cnc(CNC(=O)c2cc(Br)cc(N)c2C)s1. The van der Waals surface area contributed by atoms with Crippen molar-refractivity contribution in [2.75, 3.05) is 5.73 Å². The van der Waals surface area contributed by atoms with Crippen LogP contribution in [0.15, 0.2) is 22.8 Å². The molecule has 0 bridgehead atoms. The smallest absolute Gasteiger partial charge is 0.252 e. The maximum Gasteiger partial charge on any atom is 0.252 e. The van der Waals surface area contributed by atoms with Gasteiger partial charge in [0.25, 0.3) is 5.91 Å². The number of nitrogens with one attached hydrogen (secondary N) is 1. The highest BCUT2D eigenvalue weighted by Gasteiger charge is 2.12. The molecule has 1 aromatic carbocycles. The topological polar surface area (TPSA) is 68.0 Å².